The van der Waals surface area contributed by atoms with Crippen LogP contribution in [0.2, 0.25) is 0 Å². The van der Waals surface area contributed by atoms with Gasteiger partial charge in [0.15, 0.2) is 0 Å². The summed E-state index contributed by atoms with van der Waals surface area (Å²) < 4.78 is 39.0. The van der Waals surface area contributed by atoms with Gasteiger partial charge in [0.1, 0.15) is 11.2 Å². The van der Waals surface area contributed by atoms with Crippen molar-refractivity contribution in [3.8, 4) is 0 Å². The molecule has 1 heterocycles. The van der Waals surface area contributed by atoms with E-state index in [1.807, 2.05) is 20.8 Å². The molecular weight excluding hydrogens is 281 g/mol. The number of pyridine rings is 1. The number of aryl methyl sites for hydroxylation is 1. The molecule has 0 radical (unpaired) electrons. The van der Waals surface area contributed by atoms with Crippen molar-refractivity contribution in [1.82, 2.24) is 4.98 Å². The Morgan fingerprint density at radius 1 is 1.38 bits per heavy atom. The molecule has 3 nitrogen and oxygen atoms in total. The molecule has 1 aromatic rings. The van der Waals surface area contributed by atoms with Crippen LogP contribution in [0.4, 0.5) is 19.0 Å². The first-order valence-corrected chi connectivity index (χ1v) is 6.91. The summed E-state index contributed by atoms with van der Waals surface area (Å²) in [5.74, 6) is -0.380. The highest BCUT2D eigenvalue weighted by Gasteiger charge is 2.69. The van der Waals surface area contributed by atoms with E-state index in [9.17, 15) is 18.0 Å². The number of aromatic nitrogens is 1. The van der Waals surface area contributed by atoms with Crippen LogP contribution in [0.25, 0.3) is 0 Å². The molecule has 6 heteroatoms. The largest absolute Gasteiger partial charge is 0.403 e. The molecule has 0 unspecified atom stereocenters. The van der Waals surface area contributed by atoms with Crippen LogP contribution in [0, 0.1) is 12.3 Å². The third-order valence-corrected chi connectivity index (χ3v) is 4.11. The summed E-state index contributed by atoms with van der Waals surface area (Å²) >= 11 is 0. The normalized spacial score (nSPS) is 17.0. The van der Waals surface area contributed by atoms with Crippen molar-refractivity contribution in [2.24, 2.45) is 5.41 Å². The second-order valence-corrected chi connectivity index (χ2v) is 6.00. The lowest BCUT2D eigenvalue weighted by Crippen LogP contribution is -2.42. The minimum absolute atomic E-state index is 0.136. The van der Waals surface area contributed by atoms with E-state index in [2.05, 4.69) is 4.98 Å². The molecule has 0 atom stereocenters. The van der Waals surface area contributed by atoms with Crippen LogP contribution < -0.4 is 4.90 Å². The van der Waals surface area contributed by atoms with E-state index in [0.29, 0.717) is 0 Å². The Morgan fingerprint density at radius 2 is 1.95 bits per heavy atom. The molecule has 0 aromatic carbocycles. The van der Waals surface area contributed by atoms with Gasteiger partial charge in [-0.15, -0.1) is 0 Å². The van der Waals surface area contributed by atoms with Crippen molar-refractivity contribution in [2.45, 2.75) is 45.7 Å². The zero-order chi connectivity index (χ0) is 16.0. The molecule has 1 aromatic heterocycles. The van der Waals surface area contributed by atoms with Crippen LogP contribution in [0.3, 0.4) is 0 Å². The molecule has 1 saturated carbocycles. The topological polar surface area (TPSA) is 33.2 Å². The molecule has 0 aliphatic heterocycles. The van der Waals surface area contributed by atoms with E-state index in [4.69, 9.17) is 0 Å². The van der Waals surface area contributed by atoms with Crippen LogP contribution in [0.15, 0.2) is 12.3 Å². The van der Waals surface area contributed by atoms with Crippen LogP contribution in [-0.4, -0.2) is 24.1 Å². The second kappa shape index (κ2) is 5.00. The number of halogens is 3. The first kappa shape index (κ1) is 15.8. The van der Waals surface area contributed by atoms with Crippen LogP contribution in [0.1, 0.15) is 43.7 Å². The van der Waals surface area contributed by atoms with Crippen molar-refractivity contribution in [3.05, 3.63) is 23.4 Å². The van der Waals surface area contributed by atoms with Crippen LogP contribution in [-0.2, 0) is 4.79 Å². The van der Waals surface area contributed by atoms with Crippen molar-refractivity contribution in [2.75, 3.05) is 11.9 Å². The smallest absolute Gasteiger partial charge is 0.299 e. The molecule has 0 spiro atoms. The summed E-state index contributed by atoms with van der Waals surface area (Å²) in [6.45, 7) is 5.90. The number of hydrogen-bond donors (Lipinski definition) is 0. The van der Waals surface area contributed by atoms with E-state index in [-0.39, 0.29) is 24.6 Å². The maximum atomic E-state index is 13.0. The number of rotatable bonds is 3. The third kappa shape index (κ3) is 2.63. The van der Waals surface area contributed by atoms with Crippen LogP contribution in [0.5, 0.6) is 0 Å². The van der Waals surface area contributed by atoms with Crippen molar-refractivity contribution in [3.63, 3.8) is 0 Å². The number of alkyl halides is 3. The lowest BCUT2D eigenvalue weighted by atomic mass is 10.0. The molecule has 1 fully saturated rings. The fourth-order valence-corrected chi connectivity index (χ4v) is 2.51. The van der Waals surface area contributed by atoms with E-state index >= 15 is 0 Å². The van der Waals surface area contributed by atoms with Gasteiger partial charge in [-0.2, -0.15) is 13.2 Å². The maximum absolute atomic E-state index is 13.0. The third-order valence-electron chi connectivity index (χ3n) is 4.11. The van der Waals surface area contributed by atoms with Crippen molar-refractivity contribution < 1.29 is 18.0 Å². The Labute approximate surface area is 122 Å². The number of anilines is 1. The SMILES string of the molecule is Cc1cc(N(C)C(=O)C2(C(F)(F)F)CC2)ncc1C(C)C. The zero-order valence-electron chi connectivity index (χ0n) is 12.6. The summed E-state index contributed by atoms with van der Waals surface area (Å²) in [5, 5.41) is 0. The van der Waals surface area contributed by atoms with E-state index in [0.717, 1.165) is 16.0 Å². The summed E-state index contributed by atoms with van der Waals surface area (Å²) in [6.07, 6.45) is -3.14. The molecule has 0 N–H and O–H groups in total. The first-order valence-electron chi connectivity index (χ1n) is 6.91. The van der Waals surface area contributed by atoms with Crippen molar-refractivity contribution >= 4 is 11.7 Å². The summed E-state index contributed by atoms with van der Waals surface area (Å²) in [7, 11) is 1.35. The van der Waals surface area contributed by atoms with Gasteiger partial charge in [0.25, 0.3) is 0 Å². The van der Waals surface area contributed by atoms with Gasteiger partial charge in [-0.3, -0.25) is 9.69 Å². The average Bonchev–Trinajstić information content (AvgIpc) is 3.17. The summed E-state index contributed by atoms with van der Waals surface area (Å²) in [5.41, 5.74) is -0.253. The molecular formula is C15H19F3N2O. The van der Waals surface area contributed by atoms with E-state index in [1.54, 1.807) is 12.3 Å². The Morgan fingerprint density at radius 3 is 2.33 bits per heavy atom. The number of hydrogen-bond acceptors (Lipinski definition) is 2. The summed E-state index contributed by atoms with van der Waals surface area (Å²) in [4.78, 5) is 17.3. The number of amides is 1. The molecule has 1 aliphatic rings. The highest BCUT2D eigenvalue weighted by molar-refractivity contribution is 5.98. The van der Waals surface area contributed by atoms with Gasteiger partial charge in [-0.05, 0) is 42.9 Å². The molecule has 1 aliphatic carbocycles. The lowest BCUT2D eigenvalue weighted by Gasteiger charge is -2.25. The van der Waals surface area contributed by atoms with Gasteiger partial charge in [-0.25, -0.2) is 4.98 Å². The van der Waals surface area contributed by atoms with Crippen LogP contribution >= 0.6 is 0 Å². The molecule has 21 heavy (non-hydrogen) atoms. The fourth-order valence-electron chi connectivity index (χ4n) is 2.51. The van der Waals surface area contributed by atoms with Gasteiger partial charge in [0.2, 0.25) is 5.91 Å². The minimum Gasteiger partial charge on any atom is -0.299 e. The predicted molar refractivity (Wildman–Crippen MR) is 74.2 cm³/mol. The lowest BCUT2D eigenvalue weighted by molar-refractivity contribution is -0.190. The number of carbonyl (C=O) groups is 1. The molecule has 0 saturated heterocycles. The Hall–Kier alpha value is -1.59. The zero-order valence-corrected chi connectivity index (χ0v) is 12.6. The highest BCUT2D eigenvalue weighted by Crippen LogP contribution is 2.58. The number of carbonyl (C=O) groups excluding carboxylic acids is 1. The first-order chi connectivity index (χ1) is 9.60. The van der Waals surface area contributed by atoms with Gasteiger partial charge in [0, 0.05) is 13.2 Å². The van der Waals surface area contributed by atoms with Gasteiger partial charge in [-0.1, -0.05) is 13.8 Å². The Balaban J connectivity index is 2.27. The van der Waals surface area contributed by atoms with Gasteiger partial charge in [0.05, 0.1) is 0 Å². The predicted octanol–water partition coefficient (Wildman–Crippen LogP) is 3.82. The number of nitrogens with zero attached hydrogens (tertiary/aromatic N) is 2. The average molecular weight is 300 g/mol. The molecule has 2 rings (SSSR count). The minimum atomic E-state index is -4.49. The maximum Gasteiger partial charge on any atom is 0.403 e. The highest BCUT2D eigenvalue weighted by atomic mass is 19.4. The monoisotopic (exact) mass is 300 g/mol. The van der Waals surface area contributed by atoms with Gasteiger partial charge >= 0.3 is 6.18 Å². The molecule has 0 bridgehead atoms. The van der Waals surface area contributed by atoms with E-state index < -0.39 is 17.5 Å². The molecule has 116 valence electrons. The fraction of sp³-hybridized carbons (Fsp3) is 0.600. The Bertz CT molecular complexity index is 563. The quantitative estimate of drug-likeness (QED) is 0.850. The molecule has 1 amide bonds. The second-order valence-electron chi connectivity index (χ2n) is 6.00. The van der Waals surface area contributed by atoms with Crippen molar-refractivity contribution in [1.29, 1.82) is 0 Å². The van der Waals surface area contributed by atoms with E-state index in [1.165, 1.54) is 7.05 Å². The Kier molecular flexibility index (Phi) is 3.76. The summed E-state index contributed by atoms with van der Waals surface area (Å²) in [6, 6.07) is 1.67. The van der Waals surface area contributed by atoms with Gasteiger partial charge < -0.3 is 0 Å². The standard InChI is InChI=1S/C15H19F3N2O/c1-9(2)11-8-19-12(7-10(11)3)20(4)13(21)14(5-6-14)15(16,17)18/h7-9H,5-6H2,1-4H3.